The van der Waals surface area contributed by atoms with Crippen molar-refractivity contribution in [3.8, 4) is 5.69 Å². The molecule has 1 unspecified atom stereocenters. The van der Waals surface area contributed by atoms with Gasteiger partial charge in [-0.05, 0) is 66.9 Å². The first-order valence-corrected chi connectivity index (χ1v) is 13.2. The van der Waals surface area contributed by atoms with Crippen molar-refractivity contribution in [2.24, 2.45) is 12.5 Å². The first-order chi connectivity index (χ1) is 17.8. The SMILES string of the molecule is Cn1ccc(S(=O)(=O)N2CCC3=Cc4c(cnn4-c4ccc(F)cc4)CC3(C(=O)c3ccccn3)C2)n1. The van der Waals surface area contributed by atoms with Crippen LogP contribution in [-0.2, 0) is 23.5 Å². The zero-order chi connectivity index (χ0) is 25.8. The van der Waals surface area contributed by atoms with Gasteiger partial charge in [0.25, 0.3) is 10.0 Å². The van der Waals surface area contributed by atoms with Crippen LogP contribution in [0.5, 0.6) is 0 Å². The molecule has 9 nitrogen and oxygen atoms in total. The van der Waals surface area contributed by atoms with Crippen molar-refractivity contribution in [1.82, 2.24) is 28.9 Å². The van der Waals surface area contributed by atoms with Crippen molar-refractivity contribution in [1.29, 1.82) is 0 Å². The van der Waals surface area contributed by atoms with Gasteiger partial charge in [-0.2, -0.15) is 14.5 Å². The van der Waals surface area contributed by atoms with Crippen LogP contribution < -0.4 is 0 Å². The molecule has 1 fully saturated rings. The van der Waals surface area contributed by atoms with E-state index in [2.05, 4.69) is 15.2 Å². The number of halogens is 1. The third kappa shape index (κ3) is 3.82. The Kier molecular flexibility index (Phi) is 5.42. The van der Waals surface area contributed by atoms with E-state index in [9.17, 15) is 17.6 Å². The molecule has 1 aliphatic heterocycles. The Morgan fingerprint density at radius 3 is 2.62 bits per heavy atom. The Morgan fingerprint density at radius 2 is 1.92 bits per heavy atom. The summed E-state index contributed by atoms with van der Waals surface area (Å²) < 4.78 is 45.0. The highest BCUT2D eigenvalue weighted by atomic mass is 32.2. The highest BCUT2D eigenvalue weighted by Gasteiger charge is 2.51. The van der Waals surface area contributed by atoms with E-state index in [1.807, 2.05) is 6.08 Å². The second-order valence-electron chi connectivity index (χ2n) is 9.33. The van der Waals surface area contributed by atoms with E-state index >= 15 is 0 Å². The van der Waals surface area contributed by atoms with E-state index in [0.717, 1.165) is 16.8 Å². The number of rotatable bonds is 5. The van der Waals surface area contributed by atoms with E-state index in [-0.39, 0.29) is 41.8 Å². The summed E-state index contributed by atoms with van der Waals surface area (Å²) in [6, 6.07) is 12.6. The normalized spacial score (nSPS) is 19.7. The van der Waals surface area contributed by atoms with Crippen molar-refractivity contribution in [3.05, 3.63) is 95.5 Å². The molecule has 37 heavy (non-hydrogen) atoms. The van der Waals surface area contributed by atoms with Gasteiger partial charge in [0.15, 0.2) is 10.8 Å². The summed E-state index contributed by atoms with van der Waals surface area (Å²) in [4.78, 5) is 18.4. The van der Waals surface area contributed by atoms with Gasteiger partial charge >= 0.3 is 0 Å². The van der Waals surface area contributed by atoms with Crippen LogP contribution >= 0.6 is 0 Å². The number of fused-ring (bicyclic) bond motifs is 2. The predicted octanol–water partition coefficient (Wildman–Crippen LogP) is 3.04. The minimum absolute atomic E-state index is 0.0334. The fourth-order valence-electron chi connectivity index (χ4n) is 5.21. The van der Waals surface area contributed by atoms with Crippen LogP contribution in [0.4, 0.5) is 4.39 Å². The summed E-state index contributed by atoms with van der Waals surface area (Å²) in [6.07, 6.45) is 7.37. The van der Waals surface area contributed by atoms with Gasteiger partial charge in [-0.25, -0.2) is 17.5 Å². The highest BCUT2D eigenvalue weighted by molar-refractivity contribution is 7.89. The first kappa shape index (κ1) is 23.4. The fraction of sp³-hybridized carbons (Fsp3) is 0.231. The maximum absolute atomic E-state index is 14.1. The number of aromatic nitrogens is 5. The zero-order valence-corrected chi connectivity index (χ0v) is 20.8. The molecular formula is C26H23FN6O3S. The fourth-order valence-corrected chi connectivity index (χ4v) is 6.67. The Bertz CT molecular complexity index is 1640. The minimum atomic E-state index is -3.92. The predicted molar refractivity (Wildman–Crippen MR) is 133 cm³/mol. The Balaban J connectivity index is 1.45. The number of carbonyl (C=O) groups is 1. The summed E-state index contributed by atoms with van der Waals surface area (Å²) in [5, 5.41) is 8.56. The Hall–Kier alpha value is -3.96. The number of aryl methyl sites for hydroxylation is 1. The Labute approximate surface area is 212 Å². The molecule has 0 bridgehead atoms. The van der Waals surface area contributed by atoms with E-state index in [1.165, 1.54) is 27.2 Å². The van der Waals surface area contributed by atoms with Crippen LogP contribution in [0.1, 0.15) is 28.2 Å². The highest BCUT2D eigenvalue weighted by Crippen LogP contribution is 2.47. The molecule has 2 aliphatic rings. The summed E-state index contributed by atoms with van der Waals surface area (Å²) >= 11 is 0. The maximum atomic E-state index is 14.1. The largest absolute Gasteiger partial charge is 0.291 e. The molecule has 3 aromatic heterocycles. The average Bonchev–Trinajstić information content (AvgIpc) is 3.53. The third-order valence-electron chi connectivity index (χ3n) is 7.08. The topological polar surface area (TPSA) is 103 Å². The van der Waals surface area contributed by atoms with Gasteiger partial charge in [0, 0.05) is 32.5 Å². The van der Waals surface area contributed by atoms with Crippen LogP contribution in [0.2, 0.25) is 0 Å². The number of piperidine rings is 1. The number of Topliss-reactive ketones (excluding diaryl/α,β-unsaturated/α-hetero) is 1. The molecule has 0 spiro atoms. The van der Waals surface area contributed by atoms with Crippen molar-refractivity contribution >= 4 is 21.9 Å². The van der Waals surface area contributed by atoms with Gasteiger partial charge in [-0.15, -0.1) is 0 Å². The summed E-state index contributed by atoms with van der Waals surface area (Å²) in [6.45, 7) is 0.177. The molecule has 1 aromatic carbocycles. The van der Waals surface area contributed by atoms with Crippen LogP contribution in [0.25, 0.3) is 11.8 Å². The van der Waals surface area contributed by atoms with Gasteiger partial charge in [0.2, 0.25) is 0 Å². The monoisotopic (exact) mass is 518 g/mol. The van der Waals surface area contributed by atoms with Crippen LogP contribution in [-0.4, -0.2) is 56.1 Å². The average molecular weight is 519 g/mol. The number of sulfonamides is 1. The van der Waals surface area contributed by atoms with Crippen molar-refractivity contribution in [3.63, 3.8) is 0 Å². The van der Waals surface area contributed by atoms with Gasteiger partial charge in [-0.1, -0.05) is 11.6 Å². The van der Waals surface area contributed by atoms with E-state index < -0.39 is 15.4 Å². The van der Waals surface area contributed by atoms with E-state index in [4.69, 9.17) is 0 Å². The lowest BCUT2D eigenvalue weighted by atomic mass is 9.65. The third-order valence-corrected chi connectivity index (χ3v) is 8.82. The molecule has 1 saturated heterocycles. The molecule has 1 aliphatic carbocycles. The number of hydrogen-bond acceptors (Lipinski definition) is 6. The molecule has 0 amide bonds. The van der Waals surface area contributed by atoms with Crippen LogP contribution in [0.15, 0.2) is 77.7 Å². The summed E-state index contributed by atoms with van der Waals surface area (Å²) in [7, 11) is -2.26. The smallest absolute Gasteiger partial charge is 0.262 e. The van der Waals surface area contributed by atoms with Crippen molar-refractivity contribution in [2.45, 2.75) is 17.9 Å². The van der Waals surface area contributed by atoms with Gasteiger partial charge < -0.3 is 0 Å². The van der Waals surface area contributed by atoms with Crippen LogP contribution in [0, 0.1) is 11.2 Å². The minimum Gasteiger partial charge on any atom is -0.291 e. The molecular weight excluding hydrogens is 495 g/mol. The lowest BCUT2D eigenvalue weighted by molar-refractivity contribution is 0.0770. The number of benzene rings is 1. The van der Waals surface area contributed by atoms with Crippen LogP contribution in [0.3, 0.4) is 0 Å². The van der Waals surface area contributed by atoms with E-state index in [1.54, 1.807) is 60.7 Å². The first-order valence-electron chi connectivity index (χ1n) is 11.8. The lowest BCUT2D eigenvalue weighted by Crippen LogP contribution is -2.53. The molecule has 4 heterocycles. The molecule has 4 aromatic rings. The molecule has 11 heteroatoms. The lowest BCUT2D eigenvalue weighted by Gasteiger charge is -2.44. The van der Waals surface area contributed by atoms with Crippen molar-refractivity contribution in [2.75, 3.05) is 13.1 Å². The van der Waals surface area contributed by atoms with Gasteiger partial charge in [0.05, 0.1) is 23.0 Å². The standard InChI is InChI=1S/C26H23FN6O3S/c1-31-12-10-24(30-31)37(35,36)32-13-9-19-14-23-18(16-29-33(23)21-7-5-20(27)6-8-21)15-26(19,17-32)25(34)22-4-2-3-11-28-22/h2-8,10-12,14,16H,9,13,15,17H2,1H3. The molecule has 0 radical (unpaired) electrons. The van der Waals surface area contributed by atoms with Gasteiger partial charge in [-0.3, -0.25) is 14.5 Å². The second-order valence-corrected chi connectivity index (χ2v) is 11.2. The number of nitrogens with zero attached hydrogens (tertiary/aromatic N) is 6. The maximum Gasteiger partial charge on any atom is 0.262 e. The van der Waals surface area contributed by atoms with Gasteiger partial charge in [0.1, 0.15) is 11.5 Å². The Morgan fingerprint density at radius 1 is 1.11 bits per heavy atom. The van der Waals surface area contributed by atoms with E-state index in [0.29, 0.717) is 12.1 Å². The summed E-state index contributed by atoms with van der Waals surface area (Å²) in [5.41, 5.74) is 2.25. The number of ketones is 1. The second kappa shape index (κ2) is 8.56. The molecule has 0 saturated carbocycles. The summed E-state index contributed by atoms with van der Waals surface area (Å²) in [5.74, 6) is -0.579. The van der Waals surface area contributed by atoms with Crippen molar-refractivity contribution < 1.29 is 17.6 Å². The molecule has 1 atom stereocenters. The number of carbonyl (C=O) groups excluding carboxylic acids is 1. The zero-order valence-electron chi connectivity index (χ0n) is 20.0. The molecule has 6 rings (SSSR count). The quantitative estimate of drug-likeness (QED) is 0.376. The number of hydrogen-bond donors (Lipinski definition) is 0. The molecule has 0 N–H and O–H groups in total. The number of pyridine rings is 1. The molecule has 188 valence electrons.